The van der Waals surface area contributed by atoms with Crippen molar-refractivity contribution in [3.63, 3.8) is 0 Å². The van der Waals surface area contributed by atoms with Crippen molar-refractivity contribution in [3.05, 3.63) is 29.8 Å². The van der Waals surface area contributed by atoms with E-state index in [0.29, 0.717) is 12.8 Å². The van der Waals surface area contributed by atoms with E-state index in [4.69, 9.17) is 4.74 Å². The number of carbonyl (C=O) groups excluding carboxylic acids is 1. The minimum Gasteiger partial charge on any atom is -0.378 e. The number of hydrogen-bond acceptors (Lipinski definition) is 4. The first-order valence-corrected chi connectivity index (χ1v) is 10.2. The molecule has 0 radical (unpaired) electrons. The van der Waals surface area contributed by atoms with Gasteiger partial charge in [-0.1, -0.05) is 6.07 Å². The molecule has 0 spiro atoms. The number of amides is 1. The fourth-order valence-corrected chi connectivity index (χ4v) is 4.88. The maximum absolute atomic E-state index is 13.8. The predicted octanol–water partition coefficient (Wildman–Crippen LogP) is 1.76. The molecule has 26 heavy (non-hydrogen) atoms. The zero-order valence-electron chi connectivity index (χ0n) is 14.4. The summed E-state index contributed by atoms with van der Waals surface area (Å²) < 4.78 is 59.2. The Labute approximate surface area is 151 Å². The molecule has 2 saturated heterocycles. The molecular formula is C17H22F2N2O4S. The summed E-state index contributed by atoms with van der Waals surface area (Å²) in [6, 6.07) is 2.95. The highest BCUT2D eigenvalue weighted by atomic mass is 32.2. The van der Waals surface area contributed by atoms with E-state index in [9.17, 15) is 22.0 Å². The Balaban J connectivity index is 1.58. The topological polar surface area (TPSA) is 66.9 Å². The third kappa shape index (κ3) is 4.05. The predicted molar refractivity (Wildman–Crippen MR) is 89.9 cm³/mol. The Morgan fingerprint density at radius 3 is 2.38 bits per heavy atom. The van der Waals surface area contributed by atoms with Crippen molar-refractivity contribution in [1.82, 2.24) is 9.21 Å². The molecule has 1 amide bonds. The molecule has 0 saturated carbocycles. The SMILES string of the molecule is O=C(CCC1CCCO1)N1CCN(S(=O)(=O)c2c(F)cccc2F)CC1. The monoisotopic (exact) mass is 388 g/mol. The van der Waals surface area contributed by atoms with Gasteiger partial charge in [-0.05, 0) is 31.4 Å². The number of rotatable bonds is 5. The van der Waals surface area contributed by atoms with Crippen LogP contribution in [-0.4, -0.2) is 62.4 Å². The molecule has 3 rings (SSSR count). The first kappa shape index (κ1) is 19.2. The summed E-state index contributed by atoms with van der Waals surface area (Å²) in [6.07, 6.45) is 3.14. The molecule has 6 nitrogen and oxygen atoms in total. The average molecular weight is 388 g/mol. The molecule has 144 valence electrons. The van der Waals surface area contributed by atoms with E-state index >= 15 is 0 Å². The van der Waals surface area contributed by atoms with E-state index in [-0.39, 0.29) is 38.2 Å². The van der Waals surface area contributed by atoms with Gasteiger partial charge in [0.25, 0.3) is 0 Å². The molecule has 2 fully saturated rings. The summed E-state index contributed by atoms with van der Waals surface area (Å²) >= 11 is 0. The van der Waals surface area contributed by atoms with Crippen LogP contribution >= 0.6 is 0 Å². The highest BCUT2D eigenvalue weighted by molar-refractivity contribution is 7.89. The molecule has 1 atom stereocenters. The number of carbonyl (C=O) groups is 1. The Hall–Kier alpha value is -1.58. The molecule has 1 unspecified atom stereocenters. The maximum atomic E-state index is 13.8. The molecule has 2 aliphatic rings. The van der Waals surface area contributed by atoms with Gasteiger partial charge >= 0.3 is 0 Å². The van der Waals surface area contributed by atoms with Crippen LogP contribution in [0.5, 0.6) is 0 Å². The lowest BCUT2D eigenvalue weighted by Gasteiger charge is -2.34. The Kier molecular flexibility index (Phi) is 5.89. The summed E-state index contributed by atoms with van der Waals surface area (Å²) in [4.78, 5) is 12.9. The van der Waals surface area contributed by atoms with Gasteiger partial charge in [0.15, 0.2) is 4.90 Å². The molecular weight excluding hydrogens is 366 g/mol. The quantitative estimate of drug-likeness (QED) is 0.771. The number of nitrogens with zero attached hydrogens (tertiary/aromatic N) is 2. The number of benzene rings is 1. The number of hydrogen-bond donors (Lipinski definition) is 0. The van der Waals surface area contributed by atoms with Gasteiger partial charge in [0.05, 0.1) is 6.10 Å². The summed E-state index contributed by atoms with van der Waals surface area (Å²) in [6.45, 7) is 1.19. The lowest BCUT2D eigenvalue weighted by atomic mass is 10.1. The van der Waals surface area contributed by atoms with Gasteiger partial charge in [-0.15, -0.1) is 0 Å². The number of piperazine rings is 1. The van der Waals surface area contributed by atoms with Crippen LogP contribution in [0.1, 0.15) is 25.7 Å². The van der Waals surface area contributed by atoms with Gasteiger partial charge in [-0.2, -0.15) is 4.31 Å². The van der Waals surface area contributed by atoms with E-state index in [1.807, 2.05) is 0 Å². The van der Waals surface area contributed by atoms with Crippen molar-refractivity contribution in [2.75, 3.05) is 32.8 Å². The third-order valence-electron chi connectivity index (χ3n) is 4.81. The number of ether oxygens (including phenoxy) is 1. The second-order valence-electron chi connectivity index (χ2n) is 6.51. The minimum absolute atomic E-state index is 0.0157. The zero-order chi connectivity index (χ0) is 18.7. The smallest absolute Gasteiger partial charge is 0.249 e. The molecule has 9 heteroatoms. The van der Waals surface area contributed by atoms with Crippen LogP contribution < -0.4 is 0 Å². The molecule has 2 aliphatic heterocycles. The number of sulfonamides is 1. The van der Waals surface area contributed by atoms with Crippen LogP contribution in [0.4, 0.5) is 8.78 Å². The van der Waals surface area contributed by atoms with E-state index in [2.05, 4.69) is 0 Å². The molecule has 0 aliphatic carbocycles. The third-order valence-corrected chi connectivity index (χ3v) is 6.76. The second kappa shape index (κ2) is 7.98. The fraction of sp³-hybridized carbons (Fsp3) is 0.588. The van der Waals surface area contributed by atoms with Crippen LogP contribution in [-0.2, 0) is 19.6 Å². The first-order valence-electron chi connectivity index (χ1n) is 8.73. The van der Waals surface area contributed by atoms with Crippen molar-refractivity contribution in [1.29, 1.82) is 0 Å². The maximum Gasteiger partial charge on any atom is 0.249 e. The molecule has 1 aromatic carbocycles. The summed E-state index contributed by atoms with van der Waals surface area (Å²) in [7, 11) is -4.27. The van der Waals surface area contributed by atoms with Crippen LogP contribution in [0.25, 0.3) is 0 Å². The van der Waals surface area contributed by atoms with Gasteiger partial charge in [-0.25, -0.2) is 17.2 Å². The van der Waals surface area contributed by atoms with Crippen LogP contribution in [0.15, 0.2) is 23.1 Å². The van der Waals surface area contributed by atoms with Crippen LogP contribution in [0.2, 0.25) is 0 Å². The first-order chi connectivity index (χ1) is 12.4. The highest BCUT2D eigenvalue weighted by Gasteiger charge is 2.34. The van der Waals surface area contributed by atoms with Crippen molar-refractivity contribution in [2.45, 2.75) is 36.7 Å². The van der Waals surface area contributed by atoms with E-state index in [1.54, 1.807) is 4.90 Å². The summed E-state index contributed by atoms with van der Waals surface area (Å²) in [5.41, 5.74) is 0. The molecule has 0 bridgehead atoms. The van der Waals surface area contributed by atoms with E-state index < -0.39 is 26.6 Å². The normalized spacial score (nSPS) is 21.9. The highest BCUT2D eigenvalue weighted by Crippen LogP contribution is 2.24. The largest absolute Gasteiger partial charge is 0.378 e. The van der Waals surface area contributed by atoms with Crippen molar-refractivity contribution < 1.29 is 26.7 Å². The summed E-state index contributed by atoms with van der Waals surface area (Å²) in [5.74, 6) is -2.27. The van der Waals surface area contributed by atoms with Crippen molar-refractivity contribution in [2.24, 2.45) is 0 Å². The fourth-order valence-electron chi connectivity index (χ4n) is 3.35. The van der Waals surface area contributed by atoms with Crippen molar-refractivity contribution >= 4 is 15.9 Å². The van der Waals surface area contributed by atoms with E-state index in [0.717, 1.165) is 42.0 Å². The van der Waals surface area contributed by atoms with Crippen LogP contribution in [0.3, 0.4) is 0 Å². The molecule has 0 N–H and O–H groups in total. The van der Waals surface area contributed by atoms with Crippen LogP contribution in [0, 0.1) is 11.6 Å². The van der Waals surface area contributed by atoms with Gasteiger partial charge < -0.3 is 9.64 Å². The standard InChI is InChI=1S/C17H22F2N2O4S/c18-14-4-1-5-15(19)17(14)26(23,24)21-10-8-20(9-11-21)16(22)7-6-13-3-2-12-25-13/h1,4-5,13H,2-3,6-12H2. The van der Waals surface area contributed by atoms with Gasteiger partial charge in [0.2, 0.25) is 15.9 Å². The van der Waals surface area contributed by atoms with E-state index in [1.165, 1.54) is 0 Å². The Bertz CT molecular complexity index is 738. The van der Waals surface area contributed by atoms with Gasteiger partial charge in [-0.3, -0.25) is 4.79 Å². The Morgan fingerprint density at radius 2 is 1.81 bits per heavy atom. The lowest BCUT2D eigenvalue weighted by molar-refractivity contribution is -0.133. The Morgan fingerprint density at radius 1 is 1.15 bits per heavy atom. The second-order valence-corrected chi connectivity index (χ2v) is 8.38. The van der Waals surface area contributed by atoms with Gasteiger partial charge in [0, 0.05) is 39.2 Å². The average Bonchev–Trinajstić information content (AvgIpc) is 3.13. The van der Waals surface area contributed by atoms with Crippen molar-refractivity contribution in [3.8, 4) is 0 Å². The summed E-state index contributed by atoms with van der Waals surface area (Å²) in [5, 5.41) is 0. The lowest BCUT2D eigenvalue weighted by Crippen LogP contribution is -2.50. The molecule has 2 heterocycles. The molecule has 1 aromatic rings. The number of halogens is 2. The zero-order valence-corrected chi connectivity index (χ0v) is 15.2. The molecule has 0 aromatic heterocycles. The minimum atomic E-state index is -4.27. The van der Waals surface area contributed by atoms with Gasteiger partial charge in [0.1, 0.15) is 11.6 Å².